The highest BCUT2D eigenvalue weighted by atomic mass is 16.6. The Morgan fingerprint density at radius 2 is 1.76 bits per heavy atom. The maximum atomic E-state index is 6.08. The highest BCUT2D eigenvalue weighted by Crippen LogP contribution is 2.29. The van der Waals surface area contributed by atoms with Crippen LogP contribution in [-0.2, 0) is 11.4 Å². The lowest BCUT2D eigenvalue weighted by molar-refractivity contribution is 0.215. The molecular weight excluding hydrogens is 314 g/mol. The SMILES string of the molecule is C/C=C/COc1cc(C)c(OCc2ccccc2C=NOC)c(C)c1. The minimum absolute atomic E-state index is 0.465. The highest BCUT2D eigenvalue weighted by molar-refractivity contribution is 5.81. The molecule has 0 heterocycles. The monoisotopic (exact) mass is 339 g/mol. The van der Waals surface area contributed by atoms with E-state index >= 15 is 0 Å². The minimum Gasteiger partial charge on any atom is -0.490 e. The molecule has 0 atom stereocenters. The van der Waals surface area contributed by atoms with E-state index in [1.165, 1.54) is 7.11 Å². The van der Waals surface area contributed by atoms with Crippen LogP contribution in [-0.4, -0.2) is 19.9 Å². The molecule has 0 aliphatic rings. The molecule has 0 aliphatic carbocycles. The number of oxime groups is 1. The second-order valence-electron chi connectivity index (χ2n) is 5.67. The van der Waals surface area contributed by atoms with Crippen LogP contribution in [0.15, 0.2) is 53.7 Å². The van der Waals surface area contributed by atoms with Crippen molar-refractivity contribution in [3.63, 3.8) is 0 Å². The zero-order chi connectivity index (χ0) is 18.1. The van der Waals surface area contributed by atoms with Gasteiger partial charge in [-0.15, -0.1) is 0 Å². The van der Waals surface area contributed by atoms with Gasteiger partial charge in [0.1, 0.15) is 31.8 Å². The van der Waals surface area contributed by atoms with Crippen molar-refractivity contribution >= 4 is 6.21 Å². The van der Waals surface area contributed by atoms with Gasteiger partial charge in [-0.2, -0.15) is 0 Å². The Labute approximate surface area is 149 Å². The summed E-state index contributed by atoms with van der Waals surface area (Å²) in [4.78, 5) is 4.77. The molecule has 0 saturated heterocycles. The normalized spacial score (nSPS) is 11.2. The Balaban J connectivity index is 2.12. The Morgan fingerprint density at radius 3 is 2.44 bits per heavy atom. The Bertz CT molecular complexity index is 728. The molecule has 2 rings (SSSR count). The van der Waals surface area contributed by atoms with Crippen molar-refractivity contribution in [3.8, 4) is 11.5 Å². The molecule has 4 heteroatoms. The van der Waals surface area contributed by atoms with E-state index in [1.54, 1.807) is 6.21 Å². The van der Waals surface area contributed by atoms with E-state index in [9.17, 15) is 0 Å². The van der Waals surface area contributed by atoms with Crippen molar-refractivity contribution in [1.29, 1.82) is 0 Å². The van der Waals surface area contributed by atoms with Gasteiger partial charge in [-0.1, -0.05) is 41.6 Å². The number of allylic oxidation sites excluding steroid dienone is 1. The second-order valence-corrected chi connectivity index (χ2v) is 5.67. The number of ether oxygens (including phenoxy) is 2. The molecule has 0 N–H and O–H groups in total. The maximum absolute atomic E-state index is 6.08. The Hall–Kier alpha value is -2.75. The van der Waals surface area contributed by atoms with Crippen LogP contribution < -0.4 is 9.47 Å². The number of hydrogen-bond acceptors (Lipinski definition) is 4. The van der Waals surface area contributed by atoms with Crippen molar-refractivity contribution in [2.24, 2.45) is 5.16 Å². The van der Waals surface area contributed by atoms with E-state index in [4.69, 9.17) is 14.3 Å². The molecular formula is C21H25NO3. The molecule has 0 aliphatic heterocycles. The van der Waals surface area contributed by atoms with Crippen molar-refractivity contribution in [2.45, 2.75) is 27.4 Å². The van der Waals surface area contributed by atoms with E-state index in [-0.39, 0.29) is 0 Å². The third-order valence-electron chi connectivity index (χ3n) is 3.74. The van der Waals surface area contributed by atoms with Gasteiger partial charge in [0.05, 0.1) is 6.21 Å². The first-order valence-corrected chi connectivity index (χ1v) is 8.28. The molecule has 0 unspecified atom stereocenters. The van der Waals surface area contributed by atoms with Gasteiger partial charge in [0.2, 0.25) is 0 Å². The van der Waals surface area contributed by atoms with Crippen LogP contribution >= 0.6 is 0 Å². The number of nitrogens with zero attached hydrogens (tertiary/aromatic N) is 1. The first kappa shape index (κ1) is 18.6. The number of benzene rings is 2. The first-order valence-electron chi connectivity index (χ1n) is 8.28. The zero-order valence-electron chi connectivity index (χ0n) is 15.3. The van der Waals surface area contributed by atoms with Gasteiger partial charge in [0, 0.05) is 5.56 Å². The fourth-order valence-corrected chi connectivity index (χ4v) is 2.51. The summed E-state index contributed by atoms with van der Waals surface area (Å²) in [6, 6.07) is 12.0. The summed E-state index contributed by atoms with van der Waals surface area (Å²) >= 11 is 0. The second kappa shape index (κ2) is 9.52. The van der Waals surface area contributed by atoms with E-state index < -0.39 is 0 Å². The van der Waals surface area contributed by atoms with Crippen LogP contribution in [0, 0.1) is 13.8 Å². The van der Waals surface area contributed by atoms with Crippen LogP contribution in [0.25, 0.3) is 0 Å². The van der Waals surface area contributed by atoms with E-state index in [0.29, 0.717) is 13.2 Å². The fraction of sp³-hybridized carbons (Fsp3) is 0.286. The highest BCUT2D eigenvalue weighted by Gasteiger charge is 2.09. The molecule has 25 heavy (non-hydrogen) atoms. The predicted molar refractivity (Wildman–Crippen MR) is 102 cm³/mol. The number of aryl methyl sites for hydroxylation is 2. The first-order chi connectivity index (χ1) is 12.2. The van der Waals surface area contributed by atoms with Crippen molar-refractivity contribution < 1.29 is 14.3 Å². The molecule has 0 radical (unpaired) electrons. The van der Waals surface area contributed by atoms with Gasteiger partial charge < -0.3 is 14.3 Å². The Morgan fingerprint density at radius 1 is 1.04 bits per heavy atom. The van der Waals surface area contributed by atoms with Gasteiger partial charge in [-0.05, 0) is 49.6 Å². The summed E-state index contributed by atoms with van der Waals surface area (Å²) < 4.78 is 11.8. The van der Waals surface area contributed by atoms with Crippen LogP contribution in [0.2, 0.25) is 0 Å². The molecule has 0 fully saturated rings. The lowest BCUT2D eigenvalue weighted by Gasteiger charge is -2.15. The zero-order valence-corrected chi connectivity index (χ0v) is 15.3. The summed E-state index contributed by atoms with van der Waals surface area (Å²) in [5.41, 5.74) is 4.14. The topological polar surface area (TPSA) is 40.0 Å². The van der Waals surface area contributed by atoms with Gasteiger partial charge in [0.25, 0.3) is 0 Å². The summed E-state index contributed by atoms with van der Waals surface area (Å²) in [5.74, 6) is 1.74. The summed E-state index contributed by atoms with van der Waals surface area (Å²) in [5, 5.41) is 3.84. The molecule has 0 amide bonds. The fourth-order valence-electron chi connectivity index (χ4n) is 2.51. The lowest BCUT2D eigenvalue weighted by Crippen LogP contribution is -2.03. The molecule has 132 valence electrons. The van der Waals surface area contributed by atoms with E-state index in [0.717, 1.165) is 33.8 Å². The molecule has 0 spiro atoms. The molecule has 0 aromatic heterocycles. The Kier molecular flexibility index (Phi) is 7.08. The molecule has 0 bridgehead atoms. The summed E-state index contributed by atoms with van der Waals surface area (Å²) in [6.45, 7) is 7.08. The van der Waals surface area contributed by atoms with Crippen molar-refractivity contribution in [2.75, 3.05) is 13.7 Å². The minimum atomic E-state index is 0.465. The lowest BCUT2D eigenvalue weighted by atomic mass is 10.1. The number of hydrogen-bond donors (Lipinski definition) is 0. The van der Waals surface area contributed by atoms with Crippen LogP contribution in [0.1, 0.15) is 29.2 Å². The average molecular weight is 339 g/mol. The van der Waals surface area contributed by atoms with E-state index in [1.807, 2.05) is 69.3 Å². The molecule has 2 aromatic rings. The van der Waals surface area contributed by atoms with Gasteiger partial charge >= 0.3 is 0 Å². The molecule has 4 nitrogen and oxygen atoms in total. The average Bonchev–Trinajstić information content (AvgIpc) is 2.60. The third-order valence-corrected chi connectivity index (χ3v) is 3.74. The van der Waals surface area contributed by atoms with Gasteiger partial charge in [-0.3, -0.25) is 0 Å². The predicted octanol–water partition coefficient (Wildman–Crippen LogP) is 4.82. The van der Waals surface area contributed by atoms with Crippen LogP contribution in [0.3, 0.4) is 0 Å². The summed E-state index contributed by atoms with van der Waals surface area (Å²) in [6.07, 6.45) is 5.64. The van der Waals surface area contributed by atoms with Crippen LogP contribution in [0.5, 0.6) is 11.5 Å². The van der Waals surface area contributed by atoms with Crippen molar-refractivity contribution in [1.82, 2.24) is 0 Å². The maximum Gasteiger partial charge on any atom is 0.125 e. The smallest absolute Gasteiger partial charge is 0.125 e. The molecule has 0 saturated carbocycles. The van der Waals surface area contributed by atoms with E-state index in [2.05, 4.69) is 5.16 Å². The standard InChI is InChI=1S/C21H25NO3/c1-5-6-11-24-20-12-16(2)21(17(3)13-20)25-15-19-10-8-7-9-18(19)14-22-23-4/h5-10,12-14H,11,15H2,1-4H3/b6-5+,22-14?. The quantitative estimate of drug-likeness (QED) is 0.393. The largest absolute Gasteiger partial charge is 0.490 e. The molecule has 2 aromatic carbocycles. The third kappa shape index (κ3) is 5.38. The van der Waals surface area contributed by atoms with Gasteiger partial charge in [-0.25, -0.2) is 0 Å². The van der Waals surface area contributed by atoms with Crippen molar-refractivity contribution in [3.05, 3.63) is 70.8 Å². The van der Waals surface area contributed by atoms with Gasteiger partial charge in [0.15, 0.2) is 0 Å². The summed E-state index contributed by atoms with van der Waals surface area (Å²) in [7, 11) is 1.53. The number of rotatable bonds is 8. The van der Waals surface area contributed by atoms with Crippen LogP contribution in [0.4, 0.5) is 0 Å².